The molecule has 7 heteroatoms. The smallest absolute Gasteiger partial charge is 0.255 e. The molecular weight excluding hydrogens is 459 g/mol. The van der Waals surface area contributed by atoms with Crippen molar-refractivity contribution in [3.8, 4) is 11.5 Å². The van der Waals surface area contributed by atoms with Gasteiger partial charge in [0, 0.05) is 11.1 Å². The largest absolute Gasteiger partial charge is 0.457 e. The summed E-state index contributed by atoms with van der Waals surface area (Å²) >= 11 is 12.2. The maximum absolute atomic E-state index is 12.4. The first-order valence-corrected chi connectivity index (χ1v) is 10.7. The molecule has 164 valence electrons. The zero-order valence-electron chi connectivity index (χ0n) is 17.2. The molecule has 0 saturated carbocycles. The summed E-state index contributed by atoms with van der Waals surface area (Å²) in [5, 5.41) is 6.49. The van der Waals surface area contributed by atoms with Gasteiger partial charge in [0.25, 0.3) is 11.8 Å². The lowest BCUT2D eigenvalue weighted by atomic mass is 10.2. The fraction of sp³-hybridized carbons (Fsp3) is 0. The molecule has 0 spiro atoms. The van der Waals surface area contributed by atoms with Gasteiger partial charge in [0.2, 0.25) is 0 Å². The van der Waals surface area contributed by atoms with E-state index >= 15 is 0 Å². The summed E-state index contributed by atoms with van der Waals surface area (Å²) in [6.07, 6.45) is 0. The van der Waals surface area contributed by atoms with Crippen LogP contribution in [0.15, 0.2) is 97.1 Å². The summed E-state index contributed by atoms with van der Waals surface area (Å²) in [5.41, 5.74) is 2.02. The lowest BCUT2D eigenvalue weighted by molar-refractivity contribution is 0.101. The average molecular weight is 477 g/mol. The van der Waals surface area contributed by atoms with Crippen molar-refractivity contribution in [3.05, 3.63) is 118 Å². The molecular formula is C26H18Cl2N2O3. The van der Waals surface area contributed by atoms with Crippen LogP contribution in [0.5, 0.6) is 11.5 Å². The van der Waals surface area contributed by atoms with Crippen molar-refractivity contribution in [3.63, 3.8) is 0 Å². The number of amides is 2. The van der Waals surface area contributed by atoms with Crippen molar-refractivity contribution in [1.29, 1.82) is 0 Å². The maximum atomic E-state index is 12.4. The first-order valence-electron chi connectivity index (χ1n) is 9.99. The third-order valence-corrected chi connectivity index (χ3v) is 5.37. The highest BCUT2D eigenvalue weighted by atomic mass is 35.5. The Labute approximate surface area is 200 Å². The van der Waals surface area contributed by atoms with Gasteiger partial charge in [0.1, 0.15) is 11.5 Å². The molecule has 4 rings (SSSR count). The molecule has 2 N–H and O–H groups in total. The number of rotatable bonds is 6. The molecule has 0 aliphatic heterocycles. The minimum Gasteiger partial charge on any atom is -0.457 e. The second-order valence-corrected chi connectivity index (χ2v) is 7.83. The standard InChI is InChI=1S/C26H18Cl2N2O3/c27-21-5-1-3-7-23(21)29-25(31)17-9-13-19(14-10-17)33-20-15-11-18(12-16-20)26(32)30-24-8-4-2-6-22(24)28/h1-16H,(H,29,31)(H,30,32). The van der Waals surface area contributed by atoms with Crippen molar-refractivity contribution < 1.29 is 14.3 Å². The fourth-order valence-corrected chi connectivity index (χ4v) is 3.36. The molecule has 5 nitrogen and oxygen atoms in total. The molecule has 0 unspecified atom stereocenters. The Balaban J connectivity index is 1.37. The maximum Gasteiger partial charge on any atom is 0.255 e. The van der Waals surface area contributed by atoms with Gasteiger partial charge in [-0.25, -0.2) is 0 Å². The van der Waals surface area contributed by atoms with Crippen molar-refractivity contribution in [2.75, 3.05) is 10.6 Å². The molecule has 0 bridgehead atoms. The second-order valence-electron chi connectivity index (χ2n) is 7.02. The lowest BCUT2D eigenvalue weighted by Gasteiger charge is -2.10. The first kappa shape index (κ1) is 22.4. The van der Waals surface area contributed by atoms with Gasteiger partial charge in [0.05, 0.1) is 21.4 Å². The van der Waals surface area contributed by atoms with E-state index in [1.54, 1.807) is 97.1 Å². The van der Waals surface area contributed by atoms with Crippen LogP contribution in [0.3, 0.4) is 0 Å². The Morgan fingerprint density at radius 2 is 0.909 bits per heavy atom. The lowest BCUT2D eigenvalue weighted by Crippen LogP contribution is -2.12. The second kappa shape index (κ2) is 10.2. The van der Waals surface area contributed by atoms with Crippen LogP contribution in [0.1, 0.15) is 20.7 Å². The number of benzene rings is 4. The molecule has 0 aliphatic rings. The number of nitrogens with one attached hydrogen (secondary N) is 2. The number of ether oxygens (including phenoxy) is 1. The molecule has 0 radical (unpaired) electrons. The number of para-hydroxylation sites is 2. The SMILES string of the molecule is O=C(Nc1ccccc1Cl)c1ccc(Oc2ccc(C(=O)Nc3ccccc3Cl)cc2)cc1. The van der Waals surface area contributed by atoms with Crippen molar-refractivity contribution in [2.45, 2.75) is 0 Å². The van der Waals surface area contributed by atoms with Gasteiger partial charge >= 0.3 is 0 Å². The highest BCUT2D eigenvalue weighted by Crippen LogP contribution is 2.25. The van der Waals surface area contributed by atoms with Crippen LogP contribution in [-0.4, -0.2) is 11.8 Å². The normalized spacial score (nSPS) is 10.4. The van der Waals surface area contributed by atoms with Crippen LogP contribution in [0.4, 0.5) is 11.4 Å². The van der Waals surface area contributed by atoms with Gasteiger partial charge in [-0.15, -0.1) is 0 Å². The van der Waals surface area contributed by atoms with E-state index in [1.165, 1.54) is 0 Å². The third-order valence-electron chi connectivity index (χ3n) is 4.71. The van der Waals surface area contributed by atoms with E-state index in [0.29, 0.717) is 44.0 Å². The topological polar surface area (TPSA) is 67.4 Å². The Bertz CT molecular complexity index is 1190. The zero-order chi connectivity index (χ0) is 23.2. The molecule has 0 atom stereocenters. The van der Waals surface area contributed by atoms with E-state index in [0.717, 1.165) is 0 Å². The number of carbonyl (C=O) groups excluding carboxylic acids is 2. The number of halogens is 2. The summed E-state index contributed by atoms with van der Waals surface area (Å²) in [4.78, 5) is 24.9. The van der Waals surface area contributed by atoms with Gasteiger partial charge in [-0.3, -0.25) is 9.59 Å². The predicted molar refractivity (Wildman–Crippen MR) is 132 cm³/mol. The summed E-state index contributed by atoms with van der Waals surface area (Å²) < 4.78 is 5.82. The van der Waals surface area contributed by atoms with E-state index in [2.05, 4.69) is 10.6 Å². The Kier molecular flexibility index (Phi) is 6.93. The van der Waals surface area contributed by atoms with Crippen molar-refractivity contribution in [1.82, 2.24) is 0 Å². The van der Waals surface area contributed by atoms with Crippen molar-refractivity contribution >= 4 is 46.4 Å². The summed E-state index contributed by atoms with van der Waals surface area (Å²) in [5.74, 6) is 0.558. The molecule has 0 heterocycles. The number of hydrogen-bond donors (Lipinski definition) is 2. The number of carbonyl (C=O) groups is 2. The van der Waals surface area contributed by atoms with E-state index in [1.807, 2.05) is 0 Å². The molecule has 33 heavy (non-hydrogen) atoms. The van der Waals surface area contributed by atoms with Gasteiger partial charge in [-0.2, -0.15) is 0 Å². The fourth-order valence-electron chi connectivity index (χ4n) is 3.00. The minimum absolute atomic E-state index is 0.275. The Morgan fingerprint density at radius 1 is 0.545 bits per heavy atom. The third kappa shape index (κ3) is 5.71. The summed E-state index contributed by atoms with van der Waals surface area (Å²) in [6, 6.07) is 27.5. The van der Waals surface area contributed by atoms with Gasteiger partial charge in [0.15, 0.2) is 0 Å². The van der Waals surface area contributed by atoms with Crippen LogP contribution in [0.2, 0.25) is 10.0 Å². The van der Waals surface area contributed by atoms with Crippen LogP contribution < -0.4 is 15.4 Å². The molecule has 0 aromatic heterocycles. The van der Waals surface area contributed by atoms with Gasteiger partial charge < -0.3 is 15.4 Å². The molecule has 4 aromatic rings. The Hall–Kier alpha value is -3.80. The van der Waals surface area contributed by atoms with Crippen LogP contribution in [0, 0.1) is 0 Å². The first-order chi connectivity index (χ1) is 16.0. The molecule has 0 aliphatic carbocycles. The van der Waals surface area contributed by atoms with Gasteiger partial charge in [-0.05, 0) is 72.8 Å². The van der Waals surface area contributed by atoms with Crippen molar-refractivity contribution in [2.24, 2.45) is 0 Å². The van der Waals surface area contributed by atoms with E-state index in [-0.39, 0.29) is 11.8 Å². The average Bonchev–Trinajstić information content (AvgIpc) is 2.83. The zero-order valence-corrected chi connectivity index (χ0v) is 18.7. The van der Waals surface area contributed by atoms with Gasteiger partial charge in [-0.1, -0.05) is 47.5 Å². The highest BCUT2D eigenvalue weighted by molar-refractivity contribution is 6.34. The molecule has 0 saturated heterocycles. The molecule has 2 amide bonds. The van der Waals surface area contributed by atoms with Crippen LogP contribution >= 0.6 is 23.2 Å². The summed E-state index contributed by atoms with van der Waals surface area (Å²) in [7, 11) is 0. The highest BCUT2D eigenvalue weighted by Gasteiger charge is 2.10. The van der Waals surface area contributed by atoms with Crippen LogP contribution in [0.25, 0.3) is 0 Å². The number of hydrogen-bond acceptors (Lipinski definition) is 3. The van der Waals surface area contributed by atoms with E-state index in [9.17, 15) is 9.59 Å². The predicted octanol–water partition coefficient (Wildman–Crippen LogP) is 7.29. The van der Waals surface area contributed by atoms with E-state index in [4.69, 9.17) is 27.9 Å². The Morgan fingerprint density at radius 3 is 1.27 bits per heavy atom. The molecule has 4 aromatic carbocycles. The molecule has 0 fully saturated rings. The summed E-state index contributed by atoms with van der Waals surface area (Å²) in [6.45, 7) is 0. The minimum atomic E-state index is -0.275. The monoisotopic (exact) mass is 476 g/mol. The number of anilines is 2. The van der Waals surface area contributed by atoms with E-state index < -0.39 is 0 Å². The quantitative estimate of drug-likeness (QED) is 0.307. The van der Waals surface area contributed by atoms with Crippen LogP contribution in [-0.2, 0) is 0 Å².